The van der Waals surface area contributed by atoms with Gasteiger partial charge in [-0.05, 0) is 17.2 Å². The van der Waals surface area contributed by atoms with Gasteiger partial charge in [0, 0.05) is 11.6 Å². The maximum atomic E-state index is 13.0. The normalized spacial score (nSPS) is 11.3. The third kappa shape index (κ3) is 4.30. The first-order valence-electron chi connectivity index (χ1n) is 9.09. The van der Waals surface area contributed by atoms with E-state index in [2.05, 4.69) is 10.5 Å². The molecule has 0 radical (unpaired) electrons. The van der Waals surface area contributed by atoms with Crippen molar-refractivity contribution in [3.8, 4) is 11.5 Å². The summed E-state index contributed by atoms with van der Waals surface area (Å²) >= 11 is 6.16. The van der Waals surface area contributed by atoms with E-state index in [4.69, 9.17) is 21.1 Å². The van der Waals surface area contributed by atoms with E-state index >= 15 is 0 Å². The zero-order valence-corrected chi connectivity index (χ0v) is 17.3. The van der Waals surface area contributed by atoms with Gasteiger partial charge >= 0.3 is 0 Å². The van der Waals surface area contributed by atoms with Crippen molar-refractivity contribution in [3.63, 3.8) is 0 Å². The molecule has 6 nitrogen and oxygen atoms in total. The number of nitrogens with one attached hydrogen (secondary N) is 1. The van der Waals surface area contributed by atoms with E-state index in [9.17, 15) is 9.90 Å². The van der Waals surface area contributed by atoms with Crippen LogP contribution in [0.15, 0.2) is 77.9 Å². The van der Waals surface area contributed by atoms with Gasteiger partial charge in [-0.2, -0.15) is 5.10 Å². The van der Waals surface area contributed by atoms with Crippen LogP contribution in [0.3, 0.4) is 0 Å². The fourth-order valence-electron chi connectivity index (χ4n) is 3.01. The summed E-state index contributed by atoms with van der Waals surface area (Å²) in [6, 6.07) is 20.6. The molecule has 154 valence electrons. The van der Waals surface area contributed by atoms with Crippen molar-refractivity contribution in [2.24, 2.45) is 5.10 Å². The molecule has 7 heteroatoms. The predicted octanol–water partition coefficient (Wildman–Crippen LogP) is 3.74. The van der Waals surface area contributed by atoms with Crippen LogP contribution >= 0.6 is 11.6 Å². The Morgan fingerprint density at radius 1 is 0.967 bits per heavy atom. The van der Waals surface area contributed by atoms with Gasteiger partial charge < -0.3 is 14.6 Å². The van der Waals surface area contributed by atoms with E-state index in [0.29, 0.717) is 33.2 Å². The number of amides is 1. The van der Waals surface area contributed by atoms with Gasteiger partial charge in [0.05, 0.1) is 25.5 Å². The first-order valence-corrected chi connectivity index (χ1v) is 9.47. The van der Waals surface area contributed by atoms with E-state index in [-0.39, 0.29) is 0 Å². The SMILES string of the molecule is COc1cc(OC)c(/C=N\NC(=O)C(O)(c2ccccc2)c2ccccc2)cc1Cl. The van der Waals surface area contributed by atoms with Gasteiger partial charge in [0.15, 0.2) is 5.60 Å². The number of hydrogen-bond acceptors (Lipinski definition) is 5. The van der Waals surface area contributed by atoms with Crippen molar-refractivity contribution < 1.29 is 19.4 Å². The molecule has 3 aromatic carbocycles. The van der Waals surface area contributed by atoms with Crippen LogP contribution in [0.4, 0.5) is 0 Å². The van der Waals surface area contributed by atoms with Crippen LogP contribution < -0.4 is 14.9 Å². The van der Waals surface area contributed by atoms with Gasteiger partial charge in [-0.3, -0.25) is 4.79 Å². The van der Waals surface area contributed by atoms with Gasteiger partial charge in [-0.15, -0.1) is 0 Å². The standard InChI is InChI=1S/C23H21ClN2O4/c1-29-20-14-21(30-2)19(24)13-16(20)15-25-26-22(27)23(28,17-9-5-3-6-10-17)18-11-7-4-8-12-18/h3-15,28H,1-2H3,(H,26,27)/b25-15-. The van der Waals surface area contributed by atoms with Crippen LogP contribution in [0.5, 0.6) is 11.5 Å². The topological polar surface area (TPSA) is 80.2 Å². The third-order valence-corrected chi connectivity index (χ3v) is 4.88. The first-order chi connectivity index (χ1) is 14.5. The van der Waals surface area contributed by atoms with E-state index in [1.165, 1.54) is 20.4 Å². The summed E-state index contributed by atoms with van der Waals surface area (Å²) in [5, 5.41) is 15.8. The molecule has 1 amide bonds. The molecule has 0 aliphatic carbocycles. The van der Waals surface area contributed by atoms with Gasteiger partial charge in [0.25, 0.3) is 5.91 Å². The van der Waals surface area contributed by atoms with Crippen LogP contribution in [0, 0.1) is 0 Å². The molecule has 0 atom stereocenters. The predicted molar refractivity (Wildman–Crippen MR) is 116 cm³/mol. The average Bonchev–Trinajstić information content (AvgIpc) is 2.79. The number of aliphatic hydroxyl groups is 1. The molecule has 0 bridgehead atoms. The highest BCUT2D eigenvalue weighted by atomic mass is 35.5. The number of carbonyl (C=O) groups is 1. The number of methoxy groups -OCH3 is 2. The van der Waals surface area contributed by atoms with Crippen molar-refractivity contribution in [3.05, 3.63) is 94.5 Å². The zero-order valence-electron chi connectivity index (χ0n) is 16.5. The lowest BCUT2D eigenvalue weighted by atomic mass is 9.85. The van der Waals surface area contributed by atoms with E-state index in [1.807, 2.05) is 12.1 Å². The second kappa shape index (κ2) is 9.43. The van der Waals surface area contributed by atoms with E-state index in [1.54, 1.807) is 60.7 Å². The van der Waals surface area contributed by atoms with Crippen LogP contribution in [0.2, 0.25) is 5.02 Å². The molecule has 0 aliphatic rings. The third-order valence-electron chi connectivity index (χ3n) is 4.59. The fraction of sp³-hybridized carbons (Fsp3) is 0.130. The molecule has 0 aliphatic heterocycles. The summed E-state index contributed by atoms with van der Waals surface area (Å²) in [6.07, 6.45) is 1.39. The first kappa shape index (κ1) is 21.4. The molecule has 0 heterocycles. The summed E-state index contributed by atoms with van der Waals surface area (Å²) in [4.78, 5) is 13.0. The highest BCUT2D eigenvalue weighted by molar-refractivity contribution is 6.32. The van der Waals surface area contributed by atoms with Crippen LogP contribution in [-0.4, -0.2) is 31.4 Å². The Morgan fingerprint density at radius 3 is 2.00 bits per heavy atom. The molecule has 2 N–H and O–H groups in total. The Hall–Kier alpha value is -3.35. The van der Waals surface area contributed by atoms with Crippen molar-refractivity contribution in [2.75, 3.05) is 14.2 Å². The minimum atomic E-state index is -1.92. The Morgan fingerprint density at radius 2 is 1.50 bits per heavy atom. The van der Waals surface area contributed by atoms with Crippen molar-refractivity contribution in [1.82, 2.24) is 5.43 Å². The summed E-state index contributed by atoms with van der Waals surface area (Å²) in [5.74, 6) is 0.225. The number of benzene rings is 3. The summed E-state index contributed by atoms with van der Waals surface area (Å²) < 4.78 is 10.5. The lowest BCUT2D eigenvalue weighted by Crippen LogP contribution is -2.43. The van der Waals surface area contributed by atoms with Crippen molar-refractivity contribution in [1.29, 1.82) is 0 Å². The number of rotatable bonds is 7. The number of carbonyl (C=O) groups excluding carboxylic acids is 1. The average molecular weight is 425 g/mol. The van der Waals surface area contributed by atoms with Crippen molar-refractivity contribution >= 4 is 23.7 Å². The lowest BCUT2D eigenvalue weighted by molar-refractivity contribution is -0.136. The second-order valence-corrected chi connectivity index (χ2v) is 6.78. The Bertz CT molecular complexity index is 1000. The molecule has 3 aromatic rings. The monoisotopic (exact) mass is 424 g/mol. The van der Waals surface area contributed by atoms with Crippen LogP contribution in [0.1, 0.15) is 16.7 Å². The highest BCUT2D eigenvalue weighted by Crippen LogP contribution is 2.32. The maximum Gasteiger partial charge on any atom is 0.281 e. The number of hydrazone groups is 1. The molecule has 0 saturated heterocycles. The van der Waals surface area contributed by atoms with E-state index < -0.39 is 11.5 Å². The Balaban J connectivity index is 1.90. The minimum Gasteiger partial charge on any atom is -0.496 e. The molecule has 30 heavy (non-hydrogen) atoms. The molecular formula is C23H21ClN2O4. The van der Waals surface area contributed by atoms with Gasteiger partial charge in [0.1, 0.15) is 11.5 Å². The molecule has 0 saturated carbocycles. The van der Waals surface area contributed by atoms with Gasteiger partial charge in [0.2, 0.25) is 0 Å². The molecule has 0 fully saturated rings. The molecule has 0 aromatic heterocycles. The zero-order chi connectivity index (χ0) is 21.6. The highest BCUT2D eigenvalue weighted by Gasteiger charge is 2.39. The van der Waals surface area contributed by atoms with Crippen LogP contribution in [0.25, 0.3) is 0 Å². The largest absolute Gasteiger partial charge is 0.496 e. The number of nitrogens with zero attached hydrogens (tertiary/aromatic N) is 1. The maximum absolute atomic E-state index is 13.0. The van der Waals surface area contributed by atoms with Gasteiger partial charge in [-0.1, -0.05) is 72.3 Å². The number of ether oxygens (including phenoxy) is 2. The molecular weight excluding hydrogens is 404 g/mol. The molecule has 0 spiro atoms. The molecule has 0 unspecified atom stereocenters. The summed E-state index contributed by atoms with van der Waals surface area (Å²) in [6.45, 7) is 0. The summed E-state index contributed by atoms with van der Waals surface area (Å²) in [7, 11) is 3.00. The summed E-state index contributed by atoms with van der Waals surface area (Å²) in [5.41, 5.74) is 1.89. The lowest BCUT2D eigenvalue weighted by Gasteiger charge is -2.27. The Labute approximate surface area is 179 Å². The second-order valence-electron chi connectivity index (χ2n) is 6.37. The smallest absolute Gasteiger partial charge is 0.281 e. The Kier molecular flexibility index (Phi) is 6.72. The van der Waals surface area contributed by atoms with Gasteiger partial charge in [-0.25, -0.2) is 5.43 Å². The van der Waals surface area contributed by atoms with Crippen molar-refractivity contribution in [2.45, 2.75) is 5.60 Å². The fourth-order valence-corrected chi connectivity index (χ4v) is 3.26. The number of hydrogen-bond donors (Lipinski definition) is 2. The quantitative estimate of drug-likeness (QED) is 0.447. The van der Waals surface area contributed by atoms with E-state index in [0.717, 1.165) is 0 Å². The molecule has 3 rings (SSSR count). The number of halogens is 1. The minimum absolute atomic E-state index is 0.371. The van der Waals surface area contributed by atoms with Crippen LogP contribution in [-0.2, 0) is 10.4 Å².